The summed E-state index contributed by atoms with van der Waals surface area (Å²) in [6.07, 6.45) is 0. The molecule has 0 heterocycles. The summed E-state index contributed by atoms with van der Waals surface area (Å²) in [6.45, 7) is 0. The van der Waals surface area contributed by atoms with Crippen LogP contribution >= 0.6 is 0 Å². The zero-order valence-electron chi connectivity index (χ0n) is 7.12. The summed E-state index contributed by atoms with van der Waals surface area (Å²) in [4.78, 5) is 0. The first-order valence-corrected chi connectivity index (χ1v) is 2.99. The van der Waals surface area contributed by atoms with Gasteiger partial charge < -0.3 is 41.3 Å². The van der Waals surface area contributed by atoms with Crippen molar-refractivity contribution in [2.75, 3.05) is 0 Å². The van der Waals surface area contributed by atoms with Crippen LogP contribution in [0.3, 0.4) is 0 Å². The van der Waals surface area contributed by atoms with Crippen LogP contribution in [-0.4, -0.2) is 0 Å². The van der Waals surface area contributed by atoms with Crippen molar-refractivity contribution in [2.45, 2.75) is 0 Å². The Morgan fingerprint density at radius 2 is 1.31 bits per heavy atom. The maximum absolute atomic E-state index is 2.62. The van der Waals surface area contributed by atoms with Crippen molar-refractivity contribution >= 4 is 0 Å². The van der Waals surface area contributed by atoms with Gasteiger partial charge >= 0.3 is 21.7 Å². The van der Waals surface area contributed by atoms with E-state index < -0.39 is 0 Å². The van der Waals surface area contributed by atoms with Crippen molar-refractivity contribution in [3.05, 3.63) is 60.7 Å². The molecule has 0 saturated carbocycles. The van der Waals surface area contributed by atoms with E-state index in [0.29, 0.717) is 0 Å². The Kier molecular flexibility index (Phi) is 19.4. The molecule has 2 aromatic carbocycles. The summed E-state index contributed by atoms with van der Waals surface area (Å²) < 4.78 is 0. The molecule has 0 aliphatic heterocycles. The quantitative estimate of drug-likeness (QED) is 0.339. The maximum Gasteiger partial charge on any atom is 2.00 e. The van der Waals surface area contributed by atoms with Gasteiger partial charge in [-0.2, -0.15) is 18.2 Å². The van der Waals surface area contributed by atoms with Crippen molar-refractivity contribution in [1.29, 1.82) is 0 Å². The molecule has 2 nitrogen and oxygen atoms in total. The SMILES string of the molecule is [OH3+].[OH3+].[Ti+2].[c-]1[c-][c-][cH-][c-]1.c1cc[cH-]c1. The van der Waals surface area contributed by atoms with Crippen LogP contribution in [0.2, 0.25) is 0 Å². The van der Waals surface area contributed by atoms with E-state index >= 15 is 0 Å². The van der Waals surface area contributed by atoms with Crippen molar-refractivity contribution in [2.24, 2.45) is 0 Å². The van der Waals surface area contributed by atoms with Crippen LogP contribution in [0.4, 0.5) is 0 Å². The molecule has 70 valence electrons. The Morgan fingerprint density at radius 1 is 0.846 bits per heavy atom. The Bertz CT molecular complexity index is 152. The molecule has 2 rings (SSSR count). The minimum absolute atomic E-state index is 0. The first kappa shape index (κ1) is 18.2. The Morgan fingerprint density at radius 3 is 1.46 bits per heavy atom. The van der Waals surface area contributed by atoms with Gasteiger partial charge in [-0.15, -0.1) is 0 Å². The van der Waals surface area contributed by atoms with Crippen LogP contribution in [0.5, 0.6) is 0 Å². The molecule has 0 unspecified atom stereocenters. The molecule has 0 bridgehead atoms. The molecule has 0 aromatic heterocycles. The third kappa shape index (κ3) is 11.3. The molecule has 13 heavy (non-hydrogen) atoms. The first-order valence-electron chi connectivity index (χ1n) is 2.99. The maximum atomic E-state index is 2.62. The van der Waals surface area contributed by atoms with Gasteiger partial charge in [0.1, 0.15) is 0 Å². The van der Waals surface area contributed by atoms with E-state index in [1.54, 1.807) is 6.07 Å². The Balaban J connectivity index is -0.000000125. The topological polar surface area (TPSA) is 66.0 Å². The summed E-state index contributed by atoms with van der Waals surface area (Å²) in [5.41, 5.74) is 0. The van der Waals surface area contributed by atoms with Gasteiger partial charge in [-0.3, -0.25) is 0 Å². The average Bonchev–Trinajstić information content (AvgIpc) is 2.67. The van der Waals surface area contributed by atoms with E-state index in [9.17, 15) is 0 Å². The van der Waals surface area contributed by atoms with E-state index in [0.717, 1.165) is 0 Å². The second-order valence-electron chi connectivity index (χ2n) is 1.65. The summed E-state index contributed by atoms with van der Waals surface area (Å²) in [6, 6.07) is 22.0. The van der Waals surface area contributed by atoms with E-state index in [1.165, 1.54) is 0 Å². The minimum atomic E-state index is 0. The summed E-state index contributed by atoms with van der Waals surface area (Å²) in [5.74, 6) is 0. The number of hydrogen-bond acceptors (Lipinski definition) is 0. The van der Waals surface area contributed by atoms with Gasteiger partial charge in [0, 0.05) is 0 Å². The summed E-state index contributed by atoms with van der Waals surface area (Å²) in [7, 11) is 0. The van der Waals surface area contributed by atoms with Crippen LogP contribution < -0.4 is 0 Å². The van der Waals surface area contributed by atoms with Gasteiger partial charge in [0.15, 0.2) is 0 Å². The third-order valence-electron chi connectivity index (χ3n) is 0.907. The van der Waals surface area contributed by atoms with Crippen LogP contribution in [0.1, 0.15) is 0 Å². The zero-order chi connectivity index (χ0) is 7.07. The molecule has 2 aromatic rings. The van der Waals surface area contributed by atoms with E-state index in [1.807, 2.05) is 30.3 Å². The Hall–Kier alpha value is -0.666. The normalized spacial score (nSPS) is 6.15. The fourth-order valence-corrected chi connectivity index (χ4v) is 0.501. The number of hydrogen-bond donors (Lipinski definition) is 0. The zero-order valence-corrected chi connectivity index (χ0v) is 8.68. The summed E-state index contributed by atoms with van der Waals surface area (Å²) >= 11 is 0. The second-order valence-corrected chi connectivity index (χ2v) is 1.65. The van der Waals surface area contributed by atoms with Crippen molar-refractivity contribution < 1.29 is 32.7 Å². The van der Waals surface area contributed by atoms with Crippen LogP contribution in [0, 0.1) is 24.3 Å². The van der Waals surface area contributed by atoms with Crippen molar-refractivity contribution in [1.82, 2.24) is 0 Å². The molecule has 0 spiro atoms. The van der Waals surface area contributed by atoms with Crippen LogP contribution in [-0.2, 0) is 32.7 Å². The van der Waals surface area contributed by atoms with E-state index in [-0.39, 0.29) is 32.7 Å². The smallest absolute Gasteiger partial charge is 0.999 e. The molecule has 0 aliphatic rings. The molecule has 6 N–H and O–H groups in total. The van der Waals surface area contributed by atoms with Crippen LogP contribution in [0.15, 0.2) is 36.4 Å². The average molecular weight is 212 g/mol. The molecular weight excluding hydrogens is 200 g/mol. The molecule has 0 saturated heterocycles. The summed E-state index contributed by atoms with van der Waals surface area (Å²) in [5, 5.41) is 0. The van der Waals surface area contributed by atoms with Gasteiger partial charge in [-0.05, 0) is 0 Å². The molecular formula is C10H12O2Ti-2. The van der Waals surface area contributed by atoms with Gasteiger partial charge in [-0.1, -0.05) is 0 Å². The molecule has 0 amide bonds. The second kappa shape index (κ2) is 13.9. The molecule has 0 radical (unpaired) electrons. The van der Waals surface area contributed by atoms with Gasteiger partial charge in [-0.25, -0.2) is 12.1 Å². The molecule has 0 fully saturated rings. The largest absolute Gasteiger partial charge is 2.00 e. The van der Waals surface area contributed by atoms with Crippen molar-refractivity contribution in [3.8, 4) is 0 Å². The fourth-order valence-electron chi connectivity index (χ4n) is 0.501. The third-order valence-corrected chi connectivity index (χ3v) is 0.907. The van der Waals surface area contributed by atoms with Gasteiger partial charge in [0.2, 0.25) is 0 Å². The minimum Gasteiger partial charge on any atom is -0.999 e. The van der Waals surface area contributed by atoms with E-state index in [2.05, 4.69) is 24.3 Å². The standard InChI is InChI=1S/C5H5.C5H.2H2O.Ti/c2*1-2-4-5-3-1;;;/h1-5H;1H;2*1H2;/q-1;-5;;;+2/p+2. The number of rotatable bonds is 0. The predicted octanol–water partition coefficient (Wildman–Crippen LogP) is 0.165. The predicted molar refractivity (Wildman–Crippen MR) is 49.2 cm³/mol. The van der Waals surface area contributed by atoms with Gasteiger partial charge in [0.05, 0.1) is 0 Å². The fraction of sp³-hybridized carbons (Fsp3) is 0. The molecule has 0 aliphatic carbocycles. The Labute approximate surface area is 93.4 Å². The van der Waals surface area contributed by atoms with Gasteiger partial charge in [0.25, 0.3) is 0 Å². The van der Waals surface area contributed by atoms with Crippen molar-refractivity contribution in [3.63, 3.8) is 0 Å². The monoisotopic (exact) mass is 212 g/mol. The van der Waals surface area contributed by atoms with E-state index in [4.69, 9.17) is 0 Å². The molecule has 0 atom stereocenters. The first-order chi connectivity index (χ1) is 5.00. The molecule has 3 heteroatoms. The van der Waals surface area contributed by atoms with Crippen LogP contribution in [0.25, 0.3) is 0 Å².